The molecule has 150 valence electrons. The highest BCUT2D eigenvalue weighted by molar-refractivity contribution is 5.95. The number of nitrogens with zero attached hydrogens (tertiary/aromatic N) is 4. The number of likely N-dealkylation sites (N-methyl/N-ethyl adjacent to an activating group) is 1. The molecule has 2 fully saturated rings. The number of likely N-dealkylation sites (tertiary alicyclic amines) is 1. The van der Waals surface area contributed by atoms with E-state index in [4.69, 9.17) is 0 Å². The molecular formula is C22H22F2N4O. The van der Waals surface area contributed by atoms with Crippen molar-refractivity contribution in [2.45, 2.75) is 30.2 Å². The van der Waals surface area contributed by atoms with Crippen molar-refractivity contribution in [2.75, 3.05) is 27.2 Å². The van der Waals surface area contributed by atoms with Crippen LogP contribution in [0, 0.1) is 11.6 Å². The van der Waals surface area contributed by atoms with Gasteiger partial charge in [0.1, 0.15) is 17.0 Å². The maximum atomic E-state index is 14.2. The van der Waals surface area contributed by atoms with Crippen LogP contribution in [0.4, 0.5) is 8.78 Å². The molecule has 3 aliphatic rings. The Morgan fingerprint density at radius 2 is 1.93 bits per heavy atom. The van der Waals surface area contributed by atoms with Crippen LogP contribution in [0.15, 0.2) is 36.4 Å². The van der Waals surface area contributed by atoms with Gasteiger partial charge in [0, 0.05) is 25.0 Å². The first-order chi connectivity index (χ1) is 13.8. The topological polar surface area (TPSA) is 49.3 Å². The van der Waals surface area contributed by atoms with Crippen molar-refractivity contribution in [2.24, 2.45) is 0 Å². The van der Waals surface area contributed by atoms with E-state index in [0.717, 1.165) is 17.6 Å². The SMILES string of the molecule is C=C1[C@@H]2CC[C@@]1(C(=O)N1CC(N(C)C)C1)c1nnc(-c3c(F)cccc3F)cc12. The first-order valence-electron chi connectivity index (χ1n) is 9.82. The molecule has 7 heteroatoms. The van der Waals surface area contributed by atoms with Crippen molar-refractivity contribution in [1.29, 1.82) is 0 Å². The molecule has 2 aliphatic carbocycles. The van der Waals surface area contributed by atoms with Crippen molar-refractivity contribution < 1.29 is 13.6 Å². The van der Waals surface area contributed by atoms with Crippen LogP contribution in [0.2, 0.25) is 0 Å². The second kappa shape index (κ2) is 6.16. The first-order valence-corrected chi connectivity index (χ1v) is 9.82. The lowest BCUT2D eigenvalue weighted by molar-refractivity contribution is -0.142. The van der Waals surface area contributed by atoms with Crippen LogP contribution in [0.25, 0.3) is 11.3 Å². The van der Waals surface area contributed by atoms with Crippen molar-refractivity contribution in [3.63, 3.8) is 0 Å². The van der Waals surface area contributed by atoms with Gasteiger partial charge in [0.05, 0.1) is 17.0 Å². The Kier molecular flexibility index (Phi) is 3.90. The molecule has 1 aromatic carbocycles. The van der Waals surface area contributed by atoms with Gasteiger partial charge in [0.2, 0.25) is 5.91 Å². The van der Waals surface area contributed by atoms with Gasteiger partial charge in [-0.3, -0.25) is 4.79 Å². The summed E-state index contributed by atoms with van der Waals surface area (Å²) in [4.78, 5) is 17.4. The van der Waals surface area contributed by atoms with Gasteiger partial charge in [-0.25, -0.2) is 8.78 Å². The van der Waals surface area contributed by atoms with Crippen LogP contribution >= 0.6 is 0 Å². The fraction of sp³-hybridized carbons (Fsp3) is 0.409. The maximum absolute atomic E-state index is 14.2. The Balaban J connectivity index is 1.54. The van der Waals surface area contributed by atoms with Crippen molar-refractivity contribution in [3.05, 3.63) is 59.3 Å². The van der Waals surface area contributed by atoms with E-state index in [9.17, 15) is 13.6 Å². The summed E-state index contributed by atoms with van der Waals surface area (Å²) in [5.41, 5.74) is 1.39. The summed E-state index contributed by atoms with van der Waals surface area (Å²) in [6.45, 7) is 5.62. The van der Waals surface area contributed by atoms with Gasteiger partial charge in [-0.1, -0.05) is 12.6 Å². The summed E-state index contributed by atoms with van der Waals surface area (Å²) in [5.74, 6) is -1.35. The second-order valence-corrected chi connectivity index (χ2v) is 8.48. The quantitative estimate of drug-likeness (QED) is 0.749. The third kappa shape index (κ3) is 2.37. The molecule has 2 heterocycles. The summed E-state index contributed by atoms with van der Waals surface area (Å²) < 4.78 is 28.5. The Hall–Kier alpha value is -2.67. The van der Waals surface area contributed by atoms with E-state index in [1.165, 1.54) is 18.2 Å². The number of aromatic nitrogens is 2. The first kappa shape index (κ1) is 18.4. The fourth-order valence-electron chi connectivity index (χ4n) is 5.04. The summed E-state index contributed by atoms with van der Waals surface area (Å²) >= 11 is 0. The van der Waals surface area contributed by atoms with Gasteiger partial charge in [-0.05, 0) is 56.3 Å². The molecule has 2 bridgehead atoms. The minimum Gasteiger partial charge on any atom is -0.338 e. The average molecular weight is 396 g/mol. The Morgan fingerprint density at radius 3 is 2.59 bits per heavy atom. The summed E-state index contributed by atoms with van der Waals surface area (Å²) in [6.07, 6.45) is 1.45. The lowest BCUT2D eigenvalue weighted by atomic mass is 9.79. The summed E-state index contributed by atoms with van der Waals surface area (Å²) in [7, 11) is 4.02. The Bertz CT molecular complexity index is 1030. The van der Waals surface area contributed by atoms with E-state index in [2.05, 4.69) is 21.7 Å². The third-order valence-electron chi connectivity index (χ3n) is 6.84. The highest BCUT2D eigenvalue weighted by atomic mass is 19.1. The Labute approximate surface area is 168 Å². The largest absolute Gasteiger partial charge is 0.338 e. The zero-order valence-corrected chi connectivity index (χ0v) is 16.5. The van der Waals surface area contributed by atoms with Crippen LogP contribution < -0.4 is 0 Å². The Morgan fingerprint density at radius 1 is 1.24 bits per heavy atom. The highest BCUT2D eigenvalue weighted by Crippen LogP contribution is 2.60. The van der Waals surface area contributed by atoms with E-state index in [1.54, 1.807) is 6.07 Å². The van der Waals surface area contributed by atoms with Crippen molar-refractivity contribution >= 4 is 5.91 Å². The van der Waals surface area contributed by atoms with Gasteiger partial charge in [-0.2, -0.15) is 5.10 Å². The van der Waals surface area contributed by atoms with Crippen LogP contribution in [-0.2, 0) is 10.2 Å². The lowest BCUT2D eigenvalue weighted by Gasteiger charge is -2.46. The van der Waals surface area contributed by atoms with Crippen molar-refractivity contribution in [3.8, 4) is 11.3 Å². The number of rotatable bonds is 3. The minimum atomic E-state index is -0.851. The number of amides is 1. The highest BCUT2D eigenvalue weighted by Gasteiger charge is 2.60. The van der Waals surface area contributed by atoms with Gasteiger partial charge in [0.25, 0.3) is 0 Å². The second-order valence-electron chi connectivity index (χ2n) is 8.48. The van der Waals surface area contributed by atoms with E-state index < -0.39 is 17.0 Å². The molecule has 0 radical (unpaired) electrons. The molecule has 1 saturated heterocycles. The smallest absolute Gasteiger partial charge is 0.239 e. The molecule has 0 spiro atoms. The fourth-order valence-corrected chi connectivity index (χ4v) is 5.04. The zero-order chi connectivity index (χ0) is 20.5. The van der Waals surface area contributed by atoms with Crippen LogP contribution in [0.5, 0.6) is 0 Å². The molecule has 0 N–H and O–H groups in total. The maximum Gasteiger partial charge on any atom is 0.239 e. The monoisotopic (exact) mass is 396 g/mol. The van der Waals surface area contributed by atoms with Crippen LogP contribution in [-0.4, -0.2) is 59.1 Å². The molecule has 29 heavy (non-hydrogen) atoms. The predicted octanol–water partition coefficient (Wildman–Crippen LogP) is 2.88. The molecule has 5 rings (SSSR count). The molecule has 1 amide bonds. The molecule has 1 aromatic heterocycles. The molecule has 5 nitrogen and oxygen atoms in total. The summed E-state index contributed by atoms with van der Waals surface area (Å²) in [6, 6.07) is 5.77. The normalized spacial score (nSPS) is 25.5. The lowest BCUT2D eigenvalue weighted by Crippen LogP contribution is -2.62. The molecular weight excluding hydrogens is 374 g/mol. The zero-order valence-electron chi connectivity index (χ0n) is 16.5. The van der Waals surface area contributed by atoms with Gasteiger partial charge >= 0.3 is 0 Å². The number of halogens is 2. The number of carbonyl (C=O) groups is 1. The number of carbonyl (C=O) groups excluding carboxylic acids is 1. The van der Waals surface area contributed by atoms with Gasteiger partial charge < -0.3 is 9.80 Å². The number of hydrogen-bond donors (Lipinski definition) is 0. The predicted molar refractivity (Wildman–Crippen MR) is 104 cm³/mol. The number of benzene rings is 1. The van der Waals surface area contributed by atoms with Gasteiger partial charge in [0.15, 0.2) is 0 Å². The average Bonchev–Trinajstić information content (AvgIpc) is 3.09. The molecule has 2 aromatic rings. The third-order valence-corrected chi connectivity index (χ3v) is 6.84. The number of fused-ring (bicyclic) bond motifs is 5. The van der Waals surface area contributed by atoms with E-state index in [1.807, 2.05) is 19.0 Å². The minimum absolute atomic E-state index is 0.0241. The van der Waals surface area contributed by atoms with Crippen LogP contribution in [0.1, 0.15) is 30.0 Å². The molecule has 2 atom stereocenters. The van der Waals surface area contributed by atoms with E-state index >= 15 is 0 Å². The van der Waals surface area contributed by atoms with Gasteiger partial charge in [-0.15, -0.1) is 5.10 Å². The van der Waals surface area contributed by atoms with E-state index in [0.29, 0.717) is 31.2 Å². The summed E-state index contributed by atoms with van der Waals surface area (Å²) in [5, 5.41) is 8.46. The number of hydrogen-bond acceptors (Lipinski definition) is 4. The molecule has 1 aliphatic heterocycles. The van der Waals surface area contributed by atoms with Crippen LogP contribution in [0.3, 0.4) is 0 Å². The molecule has 0 unspecified atom stereocenters. The standard InChI is InChI=1S/C22H22F2N4O/c1-12-14-7-8-22(12,21(29)28-10-13(11-28)27(2)3)20-15(14)9-18(25-26-20)19-16(23)5-4-6-17(19)24/h4-6,9,13-14H,1,7-8,10-11H2,2-3H3/t14-,22-/m0/s1. The van der Waals surface area contributed by atoms with E-state index in [-0.39, 0.29) is 23.1 Å². The molecule has 1 saturated carbocycles. The van der Waals surface area contributed by atoms with Crippen molar-refractivity contribution in [1.82, 2.24) is 20.0 Å².